The van der Waals surface area contributed by atoms with E-state index in [1.54, 1.807) is 0 Å². The van der Waals surface area contributed by atoms with Crippen LogP contribution in [-0.4, -0.2) is 24.1 Å². The Hall–Kier alpha value is -10.5. The molecule has 0 N–H and O–H groups in total. The number of aryl methyl sites for hydroxylation is 8. The smallest absolute Gasteiger partial charge is 0.200 e. The Morgan fingerprint density at radius 2 is 0.560 bits per heavy atom. The molecule has 11 aromatic carbocycles. The highest BCUT2D eigenvalue weighted by Gasteiger charge is 2.26. The molecule has 0 aliphatic heterocycles. The van der Waals surface area contributed by atoms with Crippen molar-refractivity contribution in [1.29, 1.82) is 0 Å². The van der Waals surface area contributed by atoms with Crippen LogP contribution in [0.4, 0.5) is 5.69 Å². The van der Waals surface area contributed by atoms with Crippen molar-refractivity contribution in [2.75, 3.05) is 0 Å². The maximum Gasteiger partial charge on any atom is 0.200 e. The summed E-state index contributed by atoms with van der Waals surface area (Å²) in [4.78, 5) is 20.1. The number of fused-ring (bicyclic) bond motifs is 6. The zero-order valence-corrected chi connectivity index (χ0v) is 48.5. The average Bonchev–Trinajstić information content (AvgIpc) is 1.94. The van der Waals surface area contributed by atoms with Gasteiger partial charge in [-0.2, -0.15) is 0 Å². The molecule has 84 heavy (non-hydrogen) atoms. The maximum absolute atomic E-state index is 9.15. The van der Waals surface area contributed by atoms with Crippen LogP contribution in [0.5, 0.6) is 0 Å². The minimum atomic E-state index is 0.412. The van der Waals surface area contributed by atoms with Crippen molar-refractivity contribution in [2.24, 2.45) is 0 Å². The van der Waals surface area contributed by atoms with Gasteiger partial charge in [-0.05, 0) is 161 Å². The quantitative estimate of drug-likeness (QED) is 0.135. The van der Waals surface area contributed by atoms with Crippen LogP contribution in [0.3, 0.4) is 0 Å². The van der Waals surface area contributed by atoms with E-state index >= 15 is 0 Å². The lowest BCUT2D eigenvalue weighted by atomic mass is 9.97. The van der Waals surface area contributed by atoms with Crippen LogP contribution < -0.4 is 0 Å². The molecule has 14 rings (SSSR count). The SMILES string of the molecule is [C-]#[N+]c1cc(-n2c3ccc(-c4cc(C)cc(C)c4)cc3c3cc(-c4cc(C)cc(C)c4)ccc32)c(-n2c3ccc(-c4cc(C)cc(C)c4)cc3c3cc(-c4cc(C)cc(C)c4)ccc32)cc1-c1nc(-c2ccccc2)nc(-c2ccccc2)n1. The number of rotatable bonds is 9. The van der Waals surface area contributed by atoms with E-state index in [1.165, 1.54) is 66.8 Å². The second-order valence-electron chi connectivity index (χ2n) is 23.1. The third-order valence-corrected chi connectivity index (χ3v) is 16.4. The van der Waals surface area contributed by atoms with Gasteiger partial charge in [-0.25, -0.2) is 19.8 Å². The largest absolute Gasteiger partial charge is 0.308 e. The first-order valence-corrected chi connectivity index (χ1v) is 28.7. The van der Waals surface area contributed by atoms with Crippen molar-refractivity contribution in [3.8, 4) is 90.0 Å². The second-order valence-corrected chi connectivity index (χ2v) is 23.1. The lowest BCUT2D eigenvalue weighted by molar-refractivity contribution is 1.07. The van der Waals surface area contributed by atoms with Gasteiger partial charge in [0, 0.05) is 38.2 Å². The summed E-state index contributed by atoms with van der Waals surface area (Å²) >= 11 is 0. The molecule has 0 saturated carbocycles. The van der Waals surface area contributed by atoms with Gasteiger partial charge >= 0.3 is 0 Å². The fourth-order valence-electron chi connectivity index (χ4n) is 13.0. The molecule has 0 atom stereocenters. The Morgan fingerprint density at radius 1 is 0.274 bits per heavy atom. The first-order chi connectivity index (χ1) is 40.8. The van der Waals surface area contributed by atoms with Gasteiger partial charge in [0.1, 0.15) is 0 Å². The summed E-state index contributed by atoms with van der Waals surface area (Å²) < 4.78 is 4.80. The Balaban J connectivity index is 1.12. The highest BCUT2D eigenvalue weighted by Crippen LogP contribution is 2.46. The first kappa shape index (κ1) is 51.7. The molecule has 0 amide bonds. The molecule has 0 spiro atoms. The fraction of sp³-hybridized carbons (Fsp3) is 0.103. The molecule has 0 radical (unpaired) electrons. The van der Waals surface area contributed by atoms with Crippen LogP contribution in [0.15, 0.2) is 218 Å². The normalized spacial score (nSPS) is 11.6. The predicted octanol–water partition coefficient (Wildman–Crippen LogP) is 20.8. The van der Waals surface area contributed by atoms with Gasteiger partial charge in [0.25, 0.3) is 0 Å². The summed E-state index contributed by atoms with van der Waals surface area (Å²) in [6, 6.07) is 79.1. The highest BCUT2D eigenvalue weighted by molar-refractivity contribution is 6.14. The minimum Gasteiger partial charge on any atom is -0.308 e. The first-order valence-electron chi connectivity index (χ1n) is 28.7. The predicted molar refractivity (Wildman–Crippen MR) is 351 cm³/mol. The van der Waals surface area contributed by atoms with E-state index in [-0.39, 0.29) is 0 Å². The third kappa shape index (κ3) is 9.30. The summed E-state index contributed by atoms with van der Waals surface area (Å²) in [6.45, 7) is 26.5. The average molecular weight is 1080 g/mol. The summed E-state index contributed by atoms with van der Waals surface area (Å²) in [5, 5.41) is 4.46. The van der Waals surface area contributed by atoms with E-state index < -0.39 is 0 Å². The lowest BCUT2D eigenvalue weighted by Gasteiger charge is -2.20. The summed E-state index contributed by atoms with van der Waals surface area (Å²) in [5.41, 5.74) is 27.6. The molecule has 6 heteroatoms. The van der Waals surface area contributed by atoms with Crippen molar-refractivity contribution in [1.82, 2.24) is 24.1 Å². The van der Waals surface area contributed by atoms with Gasteiger partial charge in [0.05, 0.1) is 40.0 Å². The van der Waals surface area contributed by atoms with Crippen molar-refractivity contribution < 1.29 is 0 Å². The Kier molecular flexibility index (Phi) is 12.6. The van der Waals surface area contributed by atoms with Crippen LogP contribution in [0.25, 0.3) is 139 Å². The van der Waals surface area contributed by atoms with E-state index in [0.717, 1.165) is 88.4 Å². The van der Waals surface area contributed by atoms with Gasteiger partial charge in [-0.3, -0.25) is 0 Å². The second kappa shape index (κ2) is 20.5. The van der Waals surface area contributed by atoms with E-state index in [4.69, 9.17) is 21.5 Å². The summed E-state index contributed by atoms with van der Waals surface area (Å²) in [5.74, 6) is 1.46. The number of hydrogen-bond donors (Lipinski definition) is 0. The van der Waals surface area contributed by atoms with Gasteiger partial charge in [-0.1, -0.05) is 202 Å². The molecule has 3 aromatic heterocycles. The van der Waals surface area contributed by atoms with Crippen LogP contribution in [0.1, 0.15) is 44.5 Å². The number of nitrogens with zero attached hydrogens (tertiary/aromatic N) is 6. The monoisotopic (exact) mass is 1080 g/mol. The molecule has 402 valence electrons. The third-order valence-electron chi connectivity index (χ3n) is 16.4. The molecule has 14 aromatic rings. The molecule has 0 fully saturated rings. The van der Waals surface area contributed by atoms with E-state index in [2.05, 4.69) is 227 Å². The Morgan fingerprint density at radius 3 is 0.857 bits per heavy atom. The zero-order chi connectivity index (χ0) is 57.5. The standard InChI is InChI=1S/C78H60N6/c1-46-28-47(2)33-60(32-46)56-20-24-70-64(40-56)65-41-57(61-34-48(3)29-49(4)35-61)21-25-71(65)83(70)74-44-68(78-81-76(54-16-12-10-13-17-54)80-77(82-78)55-18-14-11-15-19-55)69(79-9)45-75(74)84-72-26-22-58(62-36-50(5)30-51(6)37-62)42-66(72)67-43-59(23-27-73(67)84)63-38-52(7)31-53(8)39-63/h10-45H,1-8H3. The molecule has 0 bridgehead atoms. The minimum absolute atomic E-state index is 0.412. The topological polar surface area (TPSA) is 52.9 Å². The van der Waals surface area contributed by atoms with Gasteiger partial charge < -0.3 is 9.13 Å². The van der Waals surface area contributed by atoms with Gasteiger partial charge in [-0.15, -0.1) is 0 Å². The molecule has 6 nitrogen and oxygen atoms in total. The summed E-state index contributed by atoms with van der Waals surface area (Å²) in [6.07, 6.45) is 0. The maximum atomic E-state index is 9.15. The fourth-order valence-corrected chi connectivity index (χ4v) is 13.0. The van der Waals surface area contributed by atoms with Crippen LogP contribution in [-0.2, 0) is 0 Å². The Bertz CT molecular complexity index is 4700. The van der Waals surface area contributed by atoms with Gasteiger partial charge in [0.2, 0.25) is 0 Å². The van der Waals surface area contributed by atoms with Crippen molar-refractivity contribution in [2.45, 2.75) is 55.4 Å². The summed E-state index contributed by atoms with van der Waals surface area (Å²) in [7, 11) is 0. The number of aromatic nitrogens is 5. The lowest BCUT2D eigenvalue weighted by Crippen LogP contribution is -2.06. The Labute approximate surface area is 490 Å². The van der Waals surface area contributed by atoms with E-state index in [1.807, 2.05) is 60.7 Å². The molecule has 0 saturated heterocycles. The van der Waals surface area contributed by atoms with Crippen molar-refractivity contribution in [3.05, 3.63) is 274 Å². The zero-order valence-electron chi connectivity index (χ0n) is 48.5. The van der Waals surface area contributed by atoms with Crippen LogP contribution >= 0.6 is 0 Å². The number of benzene rings is 11. The van der Waals surface area contributed by atoms with Crippen LogP contribution in [0.2, 0.25) is 0 Å². The molecule has 0 aliphatic carbocycles. The van der Waals surface area contributed by atoms with E-state index in [0.29, 0.717) is 28.7 Å². The molecule has 0 unspecified atom stereocenters. The molecule has 3 heterocycles. The molecule has 0 aliphatic rings. The molecular formula is C78H60N6. The highest BCUT2D eigenvalue weighted by atomic mass is 15.1. The number of hydrogen-bond acceptors (Lipinski definition) is 3. The van der Waals surface area contributed by atoms with Crippen molar-refractivity contribution >= 4 is 49.3 Å². The molecular weight excluding hydrogens is 1020 g/mol. The van der Waals surface area contributed by atoms with Crippen LogP contribution in [0, 0.1) is 62.0 Å². The van der Waals surface area contributed by atoms with Crippen molar-refractivity contribution in [3.63, 3.8) is 0 Å². The van der Waals surface area contributed by atoms with E-state index in [9.17, 15) is 0 Å². The van der Waals surface area contributed by atoms with Gasteiger partial charge in [0.15, 0.2) is 23.2 Å².